The predicted molar refractivity (Wildman–Crippen MR) is 90.6 cm³/mol. The van der Waals surface area contributed by atoms with Gasteiger partial charge in [0.1, 0.15) is 18.5 Å². The fourth-order valence-electron chi connectivity index (χ4n) is 2.88. The SMILES string of the molecule is CCCC(=O)NC[C@H]1CN(c2ccc(N3CCOC3=O)c(F)c2)C(=O)O1. The maximum Gasteiger partial charge on any atom is 0.414 e. The second-order valence-electron chi connectivity index (χ2n) is 6.07. The number of benzene rings is 1. The van der Waals surface area contributed by atoms with Crippen LogP contribution in [0.1, 0.15) is 19.8 Å². The molecular formula is C17H20FN3O5. The van der Waals surface area contributed by atoms with Crippen LogP contribution in [-0.4, -0.2) is 50.4 Å². The second kappa shape index (κ2) is 7.59. The number of carbonyl (C=O) groups excluding carboxylic acids is 3. The highest BCUT2D eigenvalue weighted by Crippen LogP contribution is 2.29. The van der Waals surface area contributed by atoms with Crippen molar-refractivity contribution in [1.82, 2.24) is 5.32 Å². The molecule has 2 aliphatic rings. The molecule has 1 atom stereocenters. The molecule has 26 heavy (non-hydrogen) atoms. The molecule has 3 amide bonds. The minimum absolute atomic E-state index is 0.102. The van der Waals surface area contributed by atoms with Gasteiger partial charge in [0.2, 0.25) is 5.91 Å². The minimum atomic E-state index is -0.631. The lowest BCUT2D eigenvalue weighted by molar-refractivity contribution is -0.121. The molecule has 3 rings (SSSR count). The van der Waals surface area contributed by atoms with E-state index in [1.807, 2.05) is 6.92 Å². The largest absolute Gasteiger partial charge is 0.447 e. The summed E-state index contributed by atoms with van der Waals surface area (Å²) in [5.41, 5.74) is 0.429. The number of anilines is 2. The maximum atomic E-state index is 14.4. The van der Waals surface area contributed by atoms with Crippen molar-refractivity contribution in [3.05, 3.63) is 24.0 Å². The Balaban J connectivity index is 1.65. The molecule has 0 saturated carbocycles. The second-order valence-corrected chi connectivity index (χ2v) is 6.07. The Morgan fingerprint density at radius 3 is 2.77 bits per heavy atom. The number of rotatable bonds is 6. The Labute approximate surface area is 149 Å². The van der Waals surface area contributed by atoms with E-state index in [2.05, 4.69) is 5.32 Å². The first-order valence-electron chi connectivity index (χ1n) is 8.48. The first-order valence-corrected chi connectivity index (χ1v) is 8.48. The average molecular weight is 365 g/mol. The van der Waals surface area contributed by atoms with Crippen molar-refractivity contribution in [3.63, 3.8) is 0 Å². The lowest BCUT2D eigenvalue weighted by atomic mass is 10.2. The van der Waals surface area contributed by atoms with Crippen molar-refractivity contribution in [2.75, 3.05) is 36.0 Å². The Bertz CT molecular complexity index is 726. The van der Waals surface area contributed by atoms with Gasteiger partial charge >= 0.3 is 12.2 Å². The van der Waals surface area contributed by atoms with Crippen LogP contribution in [0.4, 0.5) is 25.4 Å². The molecule has 9 heteroatoms. The molecule has 0 radical (unpaired) electrons. The highest BCUT2D eigenvalue weighted by atomic mass is 19.1. The number of halogens is 1. The van der Waals surface area contributed by atoms with Crippen molar-refractivity contribution >= 4 is 29.5 Å². The number of amides is 3. The Hall–Kier alpha value is -2.84. The predicted octanol–water partition coefficient (Wildman–Crippen LogP) is 2.02. The zero-order valence-electron chi connectivity index (χ0n) is 14.4. The summed E-state index contributed by atoms with van der Waals surface area (Å²) >= 11 is 0. The zero-order chi connectivity index (χ0) is 18.7. The summed E-state index contributed by atoms with van der Waals surface area (Å²) < 4.78 is 24.4. The van der Waals surface area contributed by atoms with E-state index in [9.17, 15) is 18.8 Å². The van der Waals surface area contributed by atoms with E-state index >= 15 is 0 Å². The quantitative estimate of drug-likeness (QED) is 0.833. The zero-order valence-corrected chi connectivity index (χ0v) is 14.4. The molecule has 0 aromatic heterocycles. The third-order valence-electron chi connectivity index (χ3n) is 4.17. The molecule has 2 aliphatic heterocycles. The van der Waals surface area contributed by atoms with Gasteiger partial charge in [-0.1, -0.05) is 6.92 Å². The van der Waals surface area contributed by atoms with Crippen LogP contribution >= 0.6 is 0 Å². The van der Waals surface area contributed by atoms with Gasteiger partial charge < -0.3 is 14.8 Å². The Morgan fingerprint density at radius 1 is 1.31 bits per heavy atom. The van der Waals surface area contributed by atoms with Crippen LogP contribution in [-0.2, 0) is 14.3 Å². The first kappa shape index (κ1) is 18.0. The Kier molecular flexibility index (Phi) is 5.24. The van der Waals surface area contributed by atoms with Gasteiger partial charge in [-0.15, -0.1) is 0 Å². The normalized spacial score (nSPS) is 19.5. The highest BCUT2D eigenvalue weighted by molar-refractivity contribution is 5.92. The van der Waals surface area contributed by atoms with Crippen LogP contribution in [0.2, 0.25) is 0 Å². The van der Waals surface area contributed by atoms with Crippen molar-refractivity contribution in [2.24, 2.45) is 0 Å². The molecule has 140 valence electrons. The number of hydrogen-bond donors (Lipinski definition) is 1. The lowest BCUT2D eigenvalue weighted by Crippen LogP contribution is -2.34. The third kappa shape index (κ3) is 3.71. The number of ether oxygens (including phenoxy) is 2. The molecule has 1 N–H and O–H groups in total. The van der Waals surface area contributed by atoms with Crippen LogP contribution < -0.4 is 15.1 Å². The van der Waals surface area contributed by atoms with E-state index in [-0.39, 0.29) is 37.8 Å². The molecule has 2 fully saturated rings. The van der Waals surface area contributed by atoms with Gasteiger partial charge in [0.15, 0.2) is 0 Å². The smallest absolute Gasteiger partial charge is 0.414 e. The van der Waals surface area contributed by atoms with E-state index in [1.54, 1.807) is 6.07 Å². The Morgan fingerprint density at radius 2 is 2.12 bits per heavy atom. The van der Waals surface area contributed by atoms with Crippen LogP contribution in [0.3, 0.4) is 0 Å². The van der Waals surface area contributed by atoms with Crippen LogP contribution in [0.15, 0.2) is 18.2 Å². The van der Waals surface area contributed by atoms with Gasteiger partial charge in [-0.05, 0) is 24.6 Å². The minimum Gasteiger partial charge on any atom is -0.447 e. The van der Waals surface area contributed by atoms with Gasteiger partial charge in [-0.2, -0.15) is 0 Å². The molecule has 1 aromatic rings. The van der Waals surface area contributed by atoms with Gasteiger partial charge in [0, 0.05) is 6.42 Å². The molecule has 8 nitrogen and oxygen atoms in total. The number of cyclic esters (lactones) is 2. The van der Waals surface area contributed by atoms with E-state index in [0.717, 1.165) is 6.42 Å². The van der Waals surface area contributed by atoms with Crippen molar-refractivity contribution in [1.29, 1.82) is 0 Å². The third-order valence-corrected chi connectivity index (χ3v) is 4.17. The van der Waals surface area contributed by atoms with Crippen molar-refractivity contribution in [3.8, 4) is 0 Å². The van der Waals surface area contributed by atoms with Gasteiger partial charge in [-0.25, -0.2) is 14.0 Å². The number of nitrogens with zero attached hydrogens (tertiary/aromatic N) is 2. The molecular weight excluding hydrogens is 345 g/mol. The van der Waals surface area contributed by atoms with Crippen LogP contribution in [0, 0.1) is 5.82 Å². The average Bonchev–Trinajstić information content (AvgIpc) is 3.19. The van der Waals surface area contributed by atoms with Crippen molar-refractivity contribution < 1.29 is 28.2 Å². The van der Waals surface area contributed by atoms with Gasteiger partial charge in [0.25, 0.3) is 0 Å². The monoisotopic (exact) mass is 365 g/mol. The van der Waals surface area contributed by atoms with Gasteiger partial charge in [0.05, 0.1) is 31.0 Å². The summed E-state index contributed by atoms with van der Waals surface area (Å²) in [6, 6.07) is 4.16. The van der Waals surface area contributed by atoms with E-state index < -0.39 is 24.1 Å². The fraction of sp³-hybridized carbons (Fsp3) is 0.471. The number of nitrogens with one attached hydrogen (secondary N) is 1. The van der Waals surface area contributed by atoms with E-state index in [0.29, 0.717) is 12.1 Å². The highest BCUT2D eigenvalue weighted by Gasteiger charge is 2.33. The summed E-state index contributed by atoms with van der Waals surface area (Å²) in [5.74, 6) is -0.733. The van der Waals surface area contributed by atoms with E-state index in [4.69, 9.17) is 9.47 Å². The number of hydrogen-bond acceptors (Lipinski definition) is 5. The molecule has 0 unspecified atom stereocenters. The summed E-state index contributed by atoms with van der Waals surface area (Å²) in [7, 11) is 0. The molecule has 2 saturated heterocycles. The van der Waals surface area contributed by atoms with Crippen molar-refractivity contribution in [2.45, 2.75) is 25.9 Å². The first-order chi connectivity index (χ1) is 12.5. The molecule has 0 aliphatic carbocycles. The van der Waals surface area contributed by atoms with Crippen LogP contribution in [0.25, 0.3) is 0 Å². The topological polar surface area (TPSA) is 88.2 Å². The summed E-state index contributed by atoms with van der Waals surface area (Å²) in [6.45, 7) is 2.80. The molecule has 2 heterocycles. The standard InChI is InChI=1S/C17H20FN3O5/c1-2-3-15(22)19-9-12-10-21(17(24)26-12)11-4-5-14(13(18)8-11)20-6-7-25-16(20)23/h4-5,8,12H,2-3,6-7,9-10H2,1H3,(H,19,22)/t12-/m0/s1. The summed E-state index contributed by atoms with van der Waals surface area (Å²) in [6.07, 6.45) is -0.554. The van der Waals surface area contributed by atoms with Crippen LogP contribution in [0.5, 0.6) is 0 Å². The molecule has 0 spiro atoms. The van der Waals surface area contributed by atoms with Gasteiger partial charge in [-0.3, -0.25) is 14.6 Å². The summed E-state index contributed by atoms with van der Waals surface area (Å²) in [5, 5.41) is 2.71. The van der Waals surface area contributed by atoms with E-state index in [1.165, 1.54) is 21.9 Å². The fourth-order valence-corrected chi connectivity index (χ4v) is 2.88. The molecule has 0 bridgehead atoms. The summed E-state index contributed by atoms with van der Waals surface area (Å²) in [4.78, 5) is 37.6. The maximum absolute atomic E-state index is 14.4. The number of carbonyl (C=O) groups is 3. The molecule has 1 aromatic carbocycles. The lowest BCUT2D eigenvalue weighted by Gasteiger charge is -2.17.